The maximum absolute atomic E-state index is 10.8. The number of nitrogens with zero attached hydrogens (tertiary/aromatic N) is 1. The van der Waals surface area contributed by atoms with Crippen LogP contribution in [0.5, 0.6) is 0 Å². The van der Waals surface area contributed by atoms with Crippen LogP contribution in [0.25, 0.3) is 11.1 Å². The Bertz CT molecular complexity index is 644. The Labute approximate surface area is 101 Å². The third-order valence-corrected chi connectivity index (χ3v) is 3.16. The van der Waals surface area contributed by atoms with Crippen LogP contribution < -0.4 is 0 Å². The van der Waals surface area contributed by atoms with E-state index in [4.69, 9.17) is 5.26 Å². The summed E-state index contributed by atoms with van der Waals surface area (Å²) in [5.74, 6) is 0. The van der Waals surface area contributed by atoms with Crippen molar-refractivity contribution in [2.24, 2.45) is 0 Å². The van der Waals surface area contributed by atoms with Gasteiger partial charge in [0.15, 0.2) is 10.7 Å². The summed E-state index contributed by atoms with van der Waals surface area (Å²) >= 11 is 0. The highest BCUT2D eigenvalue weighted by Crippen LogP contribution is 2.23. The molecule has 0 N–H and O–H groups in total. The van der Waals surface area contributed by atoms with E-state index in [1.807, 2.05) is 12.1 Å². The largest absolute Gasteiger partial charge is 0.227 e. The Morgan fingerprint density at radius 3 is 2.18 bits per heavy atom. The Balaban J connectivity index is 2.51. The van der Waals surface area contributed by atoms with Gasteiger partial charge < -0.3 is 0 Å². The smallest absolute Gasteiger partial charge is 0.168 e. The number of thiol groups is 1. The fourth-order valence-electron chi connectivity index (χ4n) is 1.60. The zero-order valence-corrected chi connectivity index (χ0v) is 9.72. The molecule has 0 aliphatic heterocycles. The molecule has 0 radical (unpaired) electrons. The normalized spacial score (nSPS) is 10.1. The van der Waals surface area contributed by atoms with Gasteiger partial charge in [0.25, 0.3) is 0 Å². The van der Waals surface area contributed by atoms with E-state index in [-0.39, 0.29) is 4.90 Å². The first kappa shape index (κ1) is 11.4. The fraction of sp³-hybridized carbons (Fsp3) is 0. The first-order chi connectivity index (χ1) is 8.22. The molecule has 0 spiro atoms. The van der Waals surface area contributed by atoms with Crippen LogP contribution in [-0.4, -0.2) is 8.42 Å². The van der Waals surface area contributed by atoms with Crippen molar-refractivity contribution in [2.45, 2.75) is 4.90 Å². The average molecular weight is 243 g/mol. The Morgan fingerprint density at radius 1 is 0.941 bits per heavy atom. The number of hydrogen-bond donors (Lipinski definition) is 1. The predicted octanol–water partition coefficient (Wildman–Crippen LogP) is 2.20. The highest BCUT2D eigenvalue weighted by molar-refractivity contribution is 7.72. The van der Waals surface area contributed by atoms with Gasteiger partial charge in [-0.3, -0.25) is 0 Å². The molecule has 0 bridgehead atoms. The van der Waals surface area contributed by atoms with Crippen LogP contribution >= 0.6 is 0 Å². The van der Waals surface area contributed by atoms with Crippen LogP contribution in [0.2, 0.25) is 0 Å². The van der Waals surface area contributed by atoms with Gasteiger partial charge >= 0.3 is 0 Å². The standard InChI is InChI=1S/C13H9NO2S/c14-9-11-3-1-2-4-13(11)10-5-7-12(8-6-10)17(15)16/h1-8,17H. The topological polar surface area (TPSA) is 57.9 Å². The van der Waals surface area contributed by atoms with E-state index in [1.165, 1.54) is 12.1 Å². The molecule has 4 heteroatoms. The summed E-state index contributed by atoms with van der Waals surface area (Å²) in [4.78, 5) is 0.276. The minimum absolute atomic E-state index is 0.276. The van der Waals surface area contributed by atoms with Gasteiger partial charge in [0, 0.05) is 0 Å². The fourth-order valence-corrected chi connectivity index (χ4v) is 1.99. The monoisotopic (exact) mass is 243 g/mol. The summed E-state index contributed by atoms with van der Waals surface area (Å²) in [5, 5.41) is 8.98. The van der Waals surface area contributed by atoms with Gasteiger partial charge in [-0.05, 0) is 29.3 Å². The van der Waals surface area contributed by atoms with E-state index < -0.39 is 10.7 Å². The van der Waals surface area contributed by atoms with Crippen molar-refractivity contribution < 1.29 is 8.42 Å². The maximum atomic E-state index is 10.8. The molecule has 0 saturated carbocycles. The van der Waals surface area contributed by atoms with Crippen LogP contribution in [0.3, 0.4) is 0 Å². The van der Waals surface area contributed by atoms with E-state index in [1.54, 1.807) is 24.3 Å². The molecule has 0 fully saturated rings. The Morgan fingerprint density at radius 2 is 1.59 bits per heavy atom. The number of hydrogen-bond acceptors (Lipinski definition) is 3. The molecule has 0 aromatic heterocycles. The quantitative estimate of drug-likeness (QED) is 0.822. The van der Waals surface area contributed by atoms with Gasteiger partial charge in [-0.15, -0.1) is 0 Å². The van der Waals surface area contributed by atoms with Crippen molar-refractivity contribution in [1.29, 1.82) is 5.26 Å². The maximum Gasteiger partial charge on any atom is 0.168 e. The molecule has 84 valence electrons. The molecule has 0 unspecified atom stereocenters. The Hall–Kier alpha value is -2.12. The highest BCUT2D eigenvalue weighted by Gasteiger charge is 2.04. The van der Waals surface area contributed by atoms with Crippen molar-refractivity contribution >= 4 is 10.7 Å². The van der Waals surface area contributed by atoms with Gasteiger partial charge in [-0.25, -0.2) is 8.42 Å². The highest BCUT2D eigenvalue weighted by atomic mass is 32.2. The molecule has 2 rings (SSSR count). The molecule has 0 atom stereocenters. The van der Waals surface area contributed by atoms with Crippen LogP contribution in [0.1, 0.15) is 5.56 Å². The van der Waals surface area contributed by atoms with Crippen LogP contribution in [0.4, 0.5) is 0 Å². The van der Waals surface area contributed by atoms with E-state index in [2.05, 4.69) is 6.07 Å². The molecule has 3 nitrogen and oxygen atoms in total. The van der Waals surface area contributed by atoms with Gasteiger partial charge in [0.2, 0.25) is 0 Å². The van der Waals surface area contributed by atoms with Gasteiger partial charge in [0.05, 0.1) is 16.5 Å². The second-order valence-corrected chi connectivity index (χ2v) is 4.49. The van der Waals surface area contributed by atoms with Crippen molar-refractivity contribution in [3.8, 4) is 17.2 Å². The van der Waals surface area contributed by atoms with Gasteiger partial charge in [0.1, 0.15) is 0 Å². The van der Waals surface area contributed by atoms with Gasteiger partial charge in [-0.2, -0.15) is 5.26 Å². The zero-order chi connectivity index (χ0) is 12.3. The van der Waals surface area contributed by atoms with Crippen molar-refractivity contribution in [1.82, 2.24) is 0 Å². The van der Waals surface area contributed by atoms with E-state index in [0.717, 1.165) is 11.1 Å². The molecule has 17 heavy (non-hydrogen) atoms. The molecule has 2 aromatic rings. The number of benzene rings is 2. The van der Waals surface area contributed by atoms with Crippen molar-refractivity contribution in [2.75, 3.05) is 0 Å². The van der Waals surface area contributed by atoms with Crippen LogP contribution in [0.15, 0.2) is 53.4 Å². The molecule has 2 aromatic carbocycles. The summed E-state index contributed by atoms with van der Waals surface area (Å²) in [6, 6.07) is 15.8. The molecular weight excluding hydrogens is 234 g/mol. The summed E-state index contributed by atoms with van der Waals surface area (Å²) in [7, 11) is -2.55. The molecule has 0 saturated heterocycles. The van der Waals surface area contributed by atoms with Crippen LogP contribution in [0, 0.1) is 11.3 Å². The summed E-state index contributed by atoms with van der Waals surface area (Å²) in [5.41, 5.74) is 2.22. The third-order valence-electron chi connectivity index (χ3n) is 2.44. The lowest BCUT2D eigenvalue weighted by molar-refractivity contribution is 0.614. The number of rotatable bonds is 2. The third kappa shape index (κ3) is 2.35. The molecular formula is C13H9NO2S. The lowest BCUT2D eigenvalue weighted by atomic mass is 10.0. The first-order valence-corrected chi connectivity index (χ1v) is 6.14. The molecule has 0 amide bonds. The van der Waals surface area contributed by atoms with E-state index in [9.17, 15) is 8.42 Å². The van der Waals surface area contributed by atoms with Crippen molar-refractivity contribution in [3.05, 3.63) is 54.1 Å². The Kier molecular flexibility index (Phi) is 3.22. The molecule has 0 heterocycles. The predicted molar refractivity (Wildman–Crippen MR) is 65.2 cm³/mol. The average Bonchev–Trinajstić information content (AvgIpc) is 2.39. The SMILES string of the molecule is N#Cc1ccccc1-c1ccc([SH](=O)=O)cc1. The van der Waals surface area contributed by atoms with Gasteiger partial charge in [-0.1, -0.05) is 30.3 Å². The second-order valence-electron chi connectivity index (χ2n) is 3.46. The van der Waals surface area contributed by atoms with Crippen molar-refractivity contribution in [3.63, 3.8) is 0 Å². The lowest BCUT2D eigenvalue weighted by Crippen LogP contribution is -1.85. The summed E-state index contributed by atoms with van der Waals surface area (Å²) in [6.07, 6.45) is 0. The zero-order valence-electron chi connectivity index (χ0n) is 8.83. The minimum atomic E-state index is -2.55. The minimum Gasteiger partial charge on any atom is -0.227 e. The second kappa shape index (κ2) is 4.81. The van der Waals surface area contributed by atoms with E-state index >= 15 is 0 Å². The molecule has 0 aliphatic carbocycles. The van der Waals surface area contributed by atoms with E-state index in [0.29, 0.717) is 5.56 Å². The van der Waals surface area contributed by atoms with Crippen LogP contribution in [-0.2, 0) is 10.7 Å². The summed E-state index contributed by atoms with van der Waals surface area (Å²) in [6.45, 7) is 0. The molecule has 0 aliphatic rings. The lowest BCUT2D eigenvalue weighted by Gasteiger charge is -2.03. The number of nitriles is 1. The first-order valence-electron chi connectivity index (χ1n) is 4.96. The summed E-state index contributed by atoms with van der Waals surface area (Å²) < 4.78 is 21.5.